The highest BCUT2D eigenvalue weighted by atomic mass is 19.4. The summed E-state index contributed by atoms with van der Waals surface area (Å²) in [5.41, 5.74) is 1.44. The predicted octanol–water partition coefficient (Wildman–Crippen LogP) is 5.21. The summed E-state index contributed by atoms with van der Waals surface area (Å²) in [4.78, 5) is 17.9. The van der Waals surface area contributed by atoms with Gasteiger partial charge in [-0.05, 0) is 56.6 Å². The van der Waals surface area contributed by atoms with Crippen LogP contribution in [-0.4, -0.2) is 57.7 Å². The Morgan fingerprint density at radius 1 is 0.882 bits per heavy atom. The number of carbonyl (C=O) groups is 1. The van der Waals surface area contributed by atoms with Gasteiger partial charge in [0, 0.05) is 44.1 Å². The van der Waals surface area contributed by atoms with Crippen molar-refractivity contribution in [1.82, 2.24) is 19.6 Å². The summed E-state index contributed by atoms with van der Waals surface area (Å²) in [5, 5.41) is 4.70. The summed E-state index contributed by atoms with van der Waals surface area (Å²) in [6.45, 7) is 2.98. The summed E-state index contributed by atoms with van der Waals surface area (Å²) in [6, 6.07) is 6.89. The maximum atomic E-state index is 13.5. The Labute approximate surface area is 197 Å². The Morgan fingerprint density at radius 2 is 1.62 bits per heavy atom. The first-order valence-electron chi connectivity index (χ1n) is 12.7. The lowest BCUT2D eigenvalue weighted by molar-refractivity contribution is -0.138. The number of hydrogen-bond donors (Lipinski definition) is 0. The summed E-state index contributed by atoms with van der Waals surface area (Å²) in [6.07, 6.45) is 4.81. The van der Waals surface area contributed by atoms with E-state index >= 15 is 0 Å². The second-order valence-corrected chi connectivity index (χ2v) is 10.5. The Balaban J connectivity index is 1.19. The molecule has 3 heterocycles. The van der Waals surface area contributed by atoms with Crippen molar-refractivity contribution in [2.75, 3.05) is 26.2 Å². The zero-order valence-electron chi connectivity index (χ0n) is 19.3. The van der Waals surface area contributed by atoms with Gasteiger partial charge in [0.15, 0.2) is 0 Å². The van der Waals surface area contributed by atoms with E-state index in [1.807, 2.05) is 0 Å². The van der Waals surface area contributed by atoms with Gasteiger partial charge in [-0.15, -0.1) is 0 Å². The number of aromatic nitrogens is 2. The SMILES string of the molecule is O=C(c1cnn(C2CCN(C3CC3)CC2)c1C1CC1)N1CC[C@@H](c2ccccc2C(F)(F)F)C1. The van der Waals surface area contributed by atoms with Crippen LogP contribution in [0.1, 0.15) is 90.0 Å². The second-order valence-electron chi connectivity index (χ2n) is 10.5. The molecule has 8 heteroatoms. The Bertz CT molecular complexity index is 1060. The van der Waals surface area contributed by atoms with Crippen LogP contribution < -0.4 is 0 Å². The van der Waals surface area contributed by atoms with Gasteiger partial charge in [-0.1, -0.05) is 18.2 Å². The molecule has 0 radical (unpaired) electrons. The molecule has 2 aromatic rings. The number of benzene rings is 1. The number of nitrogens with zero attached hydrogens (tertiary/aromatic N) is 4. The molecule has 4 fully saturated rings. The molecule has 0 spiro atoms. The standard InChI is InChI=1S/C26H31F3N4O/c27-26(28,29)23-4-2-1-3-21(23)18-9-12-32(16-18)25(34)22-15-30-33(24(22)17-5-6-17)20-10-13-31(14-11-20)19-7-8-19/h1-4,15,17-20H,5-14,16H2/t18-/m1/s1. The van der Waals surface area contributed by atoms with Crippen LogP contribution in [0.4, 0.5) is 13.2 Å². The van der Waals surface area contributed by atoms with Crippen molar-refractivity contribution in [3.63, 3.8) is 0 Å². The normalized spacial score (nSPS) is 24.7. The van der Waals surface area contributed by atoms with E-state index in [0.29, 0.717) is 42.6 Å². The van der Waals surface area contributed by atoms with Crippen molar-refractivity contribution in [2.24, 2.45) is 0 Å². The van der Waals surface area contributed by atoms with E-state index in [9.17, 15) is 18.0 Å². The van der Waals surface area contributed by atoms with E-state index in [4.69, 9.17) is 5.10 Å². The van der Waals surface area contributed by atoms with Gasteiger partial charge in [0.1, 0.15) is 0 Å². The monoisotopic (exact) mass is 472 g/mol. The van der Waals surface area contributed by atoms with Crippen molar-refractivity contribution in [1.29, 1.82) is 0 Å². The molecule has 2 aliphatic carbocycles. The highest BCUT2D eigenvalue weighted by molar-refractivity contribution is 5.95. The molecular weight excluding hydrogens is 441 g/mol. The first kappa shape index (κ1) is 22.1. The van der Waals surface area contributed by atoms with Crippen LogP contribution in [-0.2, 0) is 6.18 Å². The molecular formula is C26H31F3N4O. The maximum absolute atomic E-state index is 13.5. The topological polar surface area (TPSA) is 41.4 Å². The number of alkyl halides is 3. The average molecular weight is 473 g/mol. The minimum absolute atomic E-state index is 0.0736. The molecule has 0 N–H and O–H groups in total. The van der Waals surface area contributed by atoms with Gasteiger partial charge in [0.05, 0.1) is 29.1 Å². The van der Waals surface area contributed by atoms with E-state index < -0.39 is 11.7 Å². The molecule has 1 aromatic heterocycles. The number of likely N-dealkylation sites (tertiary alicyclic amines) is 2. The highest BCUT2D eigenvalue weighted by Gasteiger charge is 2.40. The largest absolute Gasteiger partial charge is 0.416 e. The smallest absolute Gasteiger partial charge is 0.338 e. The van der Waals surface area contributed by atoms with Crippen LogP contribution in [0.5, 0.6) is 0 Å². The van der Waals surface area contributed by atoms with Gasteiger partial charge in [0.2, 0.25) is 0 Å². The van der Waals surface area contributed by atoms with Crippen LogP contribution in [0.3, 0.4) is 0 Å². The summed E-state index contributed by atoms with van der Waals surface area (Å²) in [5.74, 6) is 0.00997. The van der Waals surface area contributed by atoms with Crippen LogP contribution >= 0.6 is 0 Å². The fourth-order valence-corrected chi connectivity index (χ4v) is 6.01. The number of carbonyl (C=O) groups excluding carboxylic acids is 1. The number of amides is 1. The molecule has 2 saturated carbocycles. The first-order chi connectivity index (χ1) is 16.4. The fraction of sp³-hybridized carbons (Fsp3) is 0.615. The average Bonchev–Trinajstić information content (AvgIpc) is 3.77. The quantitative estimate of drug-likeness (QED) is 0.600. The van der Waals surface area contributed by atoms with Crippen LogP contribution in [0.15, 0.2) is 30.5 Å². The van der Waals surface area contributed by atoms with Gasteiger partial charge in [0.25, 0.3) is 5.91 Å². The van der Waals surface area contributed by atoms with Crippen molar-refractivity contribution >= 4 is 5.91 Å². The lowest BCUT2D eigenvalue weighted by Gasteiger charge is -2.33. The van der Waals surface area contributed by atoms with E-state index in [0.717, 1.165) is 56.6 Å². The minimum atomic E-state index is -4.39. The first-order valence-corrected chi connectivity index (χ1v) is 12.7. The van der Waals surface area contributed by atoms with Gasteiger partial charge >= 0.3 is 6.18 Å². The number of rotatable bonds is 5. The second kappa shape index (κ2) is 8.40. The third kappa shape index (κ3) is 4.14. The van der Waals surface area contributed by atoms with E-state index in [-0.39, 0.29) is 11.8 Å². The minimum Gasteiger partial charge on any atom is -0.338 e. The zero-order chi connectivity index (χ0) is 23.4. The Hall–Kier alpha value is -2.35. The molecule has 1 amide bonds. The van der Waals surface area contributed by atoms with Gasteiger partial charge in [-0.25, -0.2) is 0 Å². The van der Waals surface area contributed by atoms with E-state index in [2.05, 4.69) is 9.58 Å². The molecule has 2 aliphatic heterocycles. The van der Waals surface area contributed by atoms with Crippen LogP contribution in [0.25, 0.3) is 0 Å². The molecule has 4 aliphatic rings. The predicted molar refractivity (Wildman–Crippen MR) is 122 cm³/mol. The van der Waals surface area contributed by atoms with Gasteiger partial charge in [-0.3, -0.25) is 9.48 Å². The molecule has 34 heavy (non-hydrogen) atoms. The van der Waals surface area contributed by atoms with Crippen LogP contribution in [0.2, 0.25) is 0 Å². The summed E-state index contributed by atoms with van der Waals surface area (Å²) in [7, 11) is 0. The maximum Gasteiger partial charge on any atom is 0.416 e. The molecule has 0 unspecified atom stereocenters. The number of halogens is 3. The highest BCUT2D eigenvalue weighted by Crippen LogP contribution is 2.45. The van der Waals surface area contributed by atoms with Gasteiger partial charge < -0.3 is 9.80 Å². The molecule has 6 rings (SSSR count). The summed E-state index contributed by atoms with van der Waals surface area (Å²) >= 11 is 0. The molecule has 5 nitrogen and oxygen atoms in total. The van der Waals surface area contributed by atoms with Crippen LogP contribution in [0, 0.1) is 0 Å². The lowest BCUT2D eigenvalue weighted by Crippen LogP contribution is -2.36. The third-order valence-electron chi connectivity index (χ3n) is 8.12. The van der Waals surface area contributed by atoms with Gasteiger partial charge in [-0.2, -0.15) is 18.3 Å². The Kier molecular flexibility index (Phi) is 5.47. The number of piperidine rings is 1. The molecule has 0 bridgehead atoms. The number of hydrogen-bond acceptors (Lipinski definition) is 3. The molecule has 1 aromatic carbocycles. The van der Waals surface area contributed by atoms with E-state index in [1.165, 1.54) is 18.9 Å². The lowest BCUT2D eigenvalue weighted by atomic mass is 9.93. The van der Waals surface area contributed by atoms with Crippen molar-refractivity contribution < 1.29 is 18.0 Å². The van der Waals surface area contributed by atoms with Crippen molar-refractivity contribution in [3.8, 4) is 0 Å². The third-order valence-corrected chi connectivity index (χ3v) is 8.12. The van der Waals surface area contributed by atoms with Crippen molar-refractivity contribution in [2.45, 2.75) is 75.0 Å². The molecule has 2 saturated heterocycles. The van der Waals surface area contributed by atoms with Crippen molar-refractivity contribution in [3.05, 3.63) is 52.8 Å². The molecule has 1 atom stereocenters. The van der Waals surface area contributed by atoms with E-state index in [1.54, 1.807) is 23.2 Å². The Morgan fingerprint density at radius 3 is 2.29 bits per heavy atom. The fourth-order valence-electron chi connectivity index (χ4n) is 6.01. The molecule has 182 valence electrons. The summed E-state index contributed by atoms with van der Waals surface area (Å²) < 4.78 is 42.7. The zero-order valence-corrected chi connectivity index (χ0v) is 19.3.